The van der Waals surface area contributed by atoms with Crippen LogP contribution in [0.4, 0.5) is 4.79 Å². The third kappa shape index (κ3) is 8.59. The van der Waals surface area contributed by atoms with Gasteiger partial charge in [-0.2, -0.15) is 0 Å². The van der Waals surface area contributed by atoms with Gasteiger partial charge in [0, 0.05) is 18.5 Å². The van der Waals surface area contributed by atoms with Crippen molar-refractivity contribution in [2.24, 2.45) is 5.73 Å². The number of nitrogens with one attached hydrogen (secondary N) is 2. The molecule has 2 rings (SSSR count). The van der Waals surface area contributed by atoms with E-state index < -0.39 is 41.5 Å². The highest BCUT2D eigenvalue weighted by molar-refractivity contribution is 5.93. The Kier molecular flexibility index (Phi) is 10.3. The van der Waals surface area contributed by atoms with Crippen LogP contribution in [-0.4, -0.2) is 46.4 Å². The molecule has 0 saturated heterocycles. The summed E-state index contributed by atoms with van der Waals surface area (Å²) in [5.41, 5.74) is 5.84. The third-order valence-electron chi connectivity index (χ3n) is 5.99. The molecule has 4 N–H and O–H groups in total. The lowest BCUT2D eigenvalue weighted by Gasteiger charge is -2.32. The maximum atomic E-state index is 13.7. The third-order valence-corrected chi connectivity index (χ3v) is 5.99. The smallest absolute Gasteiger partial charge is 0.408 e. The lowest BCUT2D eigenvalue weighted by atomic mass is 9.94. The van der Waals surface area contributed by atoms with Crippen molar-refractivity contribution in [2.75, 3.05) is 0 Å². The Morgan fingerprint density at radius 3 is 2.36 bits per heavy atom. The Morgan fingerprint density at radius 2 is 1.81 bits per heavy atom. The second-order valence-corrected chi connectivity index (χ2v) is 10.1. The number of aryl methyl sites for hydroxylation is 1. The standard InChI is InChI=1S/C27H38N4O5/c1-6-31(25(34)21(16-17-22(28)32)30-26(35)36-27(3,4)5)23(20-15-11-10-12-18(20)2)24(33)29-19-13-8-7-9-14-19/h1,10-12,15,19,21,23H,7-9,13-14,16-17H2,2-5H3,(H2,28,32)(H,29,33)(H,30,35). The zero-order valence-corrected chi connectivity index (χ0v) is 21.6. The SMILES string of the molecule is C#CN(C(=O)C(CCC(N)=O)NC(=O)OC(C)(C)C)C(C(=O)NC1CCCCC1)c1ccccc1C. The Hall–Kier alpha value is -3.54. The average Bonchev–Trinajstić information content (AvgIpc) is 2.79. The van der Waals surface area contributed by atoms with E-state index in [0.29, 0.717) is 5.56 Å². The predicted octanol–water partition coefficient (Wildman–Crippen LogP) is 3.06. The minimum Gasteiger partial charge on any atom is -0.444 e. The largest absolute Gasteiger partial charge is 0.444 e. The number of carbonyl (C=O) groups is 4. The Bertz CT molecular complexity index is 989. The van der Waals surface area contributed by atoms with Crippen LogP contribution in [0, 0.1) is 19.4 Å². The normalized spacial score (nSPS) is 15.6. The van der Waals surface area contributed by atoms with Gasteiger partial charge in [-0.15, -0.1) is 0 Å². The Balaban J connectivity index is 2.40. The van der Waals surface area contributed by atoms with Crippen molar-refractivity contribution in [3.63, 3.8) is 0 Å². The molecule has 1 aromatic rings. The van der Waals surface area contributed by atoms with Crippen LogP contribution in [0.5, 0.6) is 0 Å². The Morgan fingerprint density at radius 1 is 1.17 bits per heavy atom. The summed E-state index contributed by atoms with van der Waals surface area (Å²) in [6.07, 6.45) is 9.56. The molecule has 0 radical (unpaired) electrons. The number of benzene rings is 1. The molecule has 4 amide bonds. The minimum absolute atomic E-state index is 0.00181. The van der Waals surface area contributed by atoms with Gasteiger partial charge in [0.1, 0.15) is 17.7 Å². The molecule has 196 valence electrons. The van der Waals surface area contributed by atoms with Gasteiger partial charge in [0.05, 0.1) is 0 Å². The van der Waals surface area contributed by atoms with Gasteiger partial charge >= 0.3 is 6.09 Å². The molecule has 1 aromatic carbocycles. The number of amides is 4. The summed E-state index contributed by atoms with van der Waals surface area (Å²) in [5, 5.41) is 5.56. The summed E-state index contributed by atoms with van der Waals surface area (Å²) in [7, 11) is 0. The van der Waals surface area contributed by atoms with Gasteiger partial charge in [0.15, 0.2) is 0 Å². The van der Waals surface area contributed by atoms with Gasteiger partial charge in [-0.05, 0) is 58.1 Å². The van der Waals surface area contributed by atoms with Gasteiger partial charge < -0.3 is 21.1 Å². The number of alkyl carbamates (subject to hydrolysis) is 1. The van der Waals surface area contributed by atoms with Crippen LogP contribution in [0.1, 0.15) is 82.9 Å². The van der Waals surface area contributed by atoms with Gasteiger partial charge in [-0.25, -0.2) is 4.79 Å². The zero-order valence-electron chi connectivity index (χ0n) is 21.6. The number of hydrogen-bond acceptors (Lipinski definition) is 5. The molecule has 1 aliphatic carbocycles. The number of ether oxygens (including phenoxy) is 1. The Labute approximate surface area is 213 Å². The van der Waals surface area contributed by atoms with Crippen LogP contribution in [0.25, 0.3) is 0 Å². The van der Waals surface area contributed by atoms with Gasteiger partial charge in [-0.1, -0.05) is 50.0 Å². The second-order valence-electron chi connectivity index (χ2n) is 10.1. The molecule has 0 aromatic heterocycles. The van der Waals surface area contributed by atoms with E-state index in [1.54, 1.807) is 32.9 Å². The molecular weight excluding hydrogens is 460 g/mol. The minimum atomic E-state index is -1.22. The maximum absolute atomic E-state index is 13.7. The highest BCUT2D eigenvalue weighted by atomic mass is 16.6. The molecule has 0 aliphatic heterocycles. The quantitative estimate of drug-likeness (QED) is 0.356. The van der Waals surface area contributed by atoms with Gasteiger partial charge in [0.2, 0.25) is 11.8 Å². The fourth-order valence-electron chi connectivity index (χ4n) is 4.25. The number of primary amides is 1. The van der Waals surface area contributed by atoms with Crippen LogP contribution < -0.4 is 16.4 Å². The van der Waals surface area contributed by atoms with Crippen molar-refractivity contribution >= 4 is 23.8 Å². The molecule has 1 aliphatic rings. The van der Waals surface area contributed by atoms with E-state index in [2.05, 4.69) is 16.7 Å². The topological polar surface area (TPSA) is 131 Å². The molecule has 2 unspecified atom stereocenters. The molecule has 0 heterocycles. The lowest BCUT2D eigenvalue weighted by Crippen LogP contribution is -2.52. The highest BCUT2D eigenvalue weighted by Gasteiger charge is 2.37. The molecule has 0 spiro atoms. The first-order chi connectivity index (χ1) is 16.9. The van der Waals surface area contributed by atoms with Crippen LogP contribution in [0.3, 0.4) is 0 Å². The van der Waals surface area contributed by atoms with E-state index in [9.17, 15) is 19.2 Å². The van der Waals surface area contributed by atoms with Crippen LogP contribution in [-0.2, 0) is 19.1 Å². The van der Waals surface area contributed by atoms with E-state index >= 15 is 0 Å². The number of nitrogens with two attached hydrogens (primary N) is 1. The van der Waals surface area contributed by atoms with Gasteiger partial charge in [0.25, 0.3) is 5.91 Å². The molecule has 1 saturated carbocycles. The summed E-state index contributed by atoms with van der Waals surface area (Å²) in [4.78, 5) is 52.2. The van der Waals surface area contributed by atoms with Crippen LogP contribution >= 0.6 is 0 Å². The van der Waals surface area contributed by atoms with Crippen LogP contribution in [0.15, 0.2) is 24.3 Å². The second kappa shape index (κ2) is 13.0. The average molecular weight is 499 g/mol. The van der Waals surface area contributed by atoms with E-state index in [1.165, 1.54) is 0 Å². The number of hydrogen-bond donors (Lipinski definition) is 3. The number of nitrogens with zero attached hydrogens (tertiary/aromatic N) is 1. The highest BCUT2D eigenvalue weighted by Crippen LogP contribution is 2.27. The van der Waals surface area contributed by atoms with Crippen LogP contribution in [0.2, 0.25) is 0 Å². The van der Waals surface area contributed by atoms with E-state index in [1.807, 2.05) is 19.1 Å². The van der Waals surface area contributed by atoms with Crippen molar-refractivity contribution in [1.82, 2.24) is 15.5 Å². The fraction of sp³-hybridized carbons (Fsp3) is 0.556. The first kappa shape index (κ1) is 28.7. The molecule has 1 fully saturated rings. The molecule has 9 nitrogen and oxygen atoms in total. The summed E-state index contributed by atoms with van der Waals surface area (Å²) in [6.45, 7) is 6.89. The lowest BCUT2D eigenvalue weighted by molar-refractivity contribution is -0.139. The van der Waals surface area contributed by atoms with E-state index in [-0.39, 0.29) is 18.9 Å². The zero-order chi connectivity index (χ0) is 26.9. The summed E-state index contributed by atoms with van der Waals surface area (Å²) in [6, 6.07) is 7.18. The first-order valence-corrected chi connectivity index (χ1v) is 12.4. The van der Waals surface area contributed by atoms with Crippen molar-refractivity contribution < 1.29 is 23.9 Å². The monoisotopic (exact) mass is 498 g/mol. The molecule has 9 heteroatoms. The molecule has 0 bridgehead atoms. The maximum Gasteiger partial charge on any atom is 0.408 e. The van der Waals surface area contributed by atoms with Crippen molar-refractivity contribution in [1.29, 1.82) is 0 Å². The summed E-state index contributed by atoms with van der Waals surface area (Å²) < 4.78 is 5.28. The van der Waals surface area contributed by atoms with Crippen molar-refractivity contribution in [2.45, 2.75) is 96.4 Å². The fourth-order valence-corrected chi connectivity index (χ4v) is 4.25. The number of terminal acetylenes is 1. The number of carbonyl (C=O) groups excluding carboxylic acids is 4. The number of rotatable bonds is 9. The molecule has 36 heavy (non-hydrogen) atoms. The molecule has 2 atom stereocenters. The van der Waals surface area contributed by atoms with Gasteiger partial charge in [-0.3, -0.25) is 19.3 Å². The first-order valence-electron chi connectivity index (χ1n) is 12.4. The van der Waals surface area contributed by atoms with E-state index in [0.717, 1.165) is 42.6 Å². The van der Waals surface area contributed by atoms with Crippen molar-refractivity contribution in [3.8, 4) is 12.5 Å². The van der Waals surface area contributed by atoms with Crippen molar-refractivity contribution in [3.05, 3.63) is 35.4 Å². The summed E-state index contributed by atoms with van der Waals surface area (Å²) >= 11 is 0. The van der Waals surface area contributed by atoms with E-state index in [4.69, 9.17) is 16.9 Å². The summed E-state index contributed by atoms with van der Waals surface area (Å²) in [5.74, 6) is -1.75. The predicted molar refractivity (Wildman–Crippen MR) is 136 cm³/mol. The molecular formula is C27H38N4O5.